The molecule has 7 rings (SSSR count). The number of hydrogen-bond donors (Lipinski definition) is 2. The summed E-state index contributed by atoms with van der Waals surface area (Å²) in [5.41, 5.74) is 5.71. The number of likely N-dealkylation sites (tertiary alicyclic amines) is 1. The number of nitrogens with one attached hydrogen (secondary N) is 2. The molecule has 2 aliphatic rings. The minimum absolute atomic E-state index is 0.126. The van der Waals surface area contributed by atoms with Crippen LogP contribution in [-0.2, 0) is 7.05 Å². The van der Waals surface area contributed by atoms with Crippen LogP contribution in [0.25, 0.3) is 21.9 Å². The van der Waals surface area contributed by atoms with Gasteiger partial charge in [0.2, 0.25) is 0 Å². The Morgan fingerprint density at radius 1 is 1.03 bits per heavy atom. The quantitative estimate of drug-likeness (QED) is 0.342. The number of aryl methyl sites for hydroxylation is 2. The highest BCUT2D eigenvalue weighted by molar-refractivity contribution is 6.00. The lowest BCUT2D eigenvalue weighted by atomic mass is 9.99. The molecule has 0 spiro atoms. The van der Waals surface area contributed by atoms with Crippen LogP contribution in [0.4, 0.5) is 17.2 Å². The van der Waals surface area contributed by atoms with E-state index in [1.165, 1.54) is 0 Å². The van der Waals surface area contributed by atoms with Crippen LogP contribution in [0.1, 0.15) is 12.0 Å². The Kier molecular flexibility index (Phi) is 5.33. The number of likely N-dealkylation sites (N-methyl/N-ethyl adjacent to an activating group) is 1. The van der Waals surface area contributed by atoms with Crippen molar-refractivity contribution in [1.82, 2.24) is 24.4 Å². The largest absolute Gasteiger partial charge is 0.485 e. The summed E-state index contributed by atoms with van der Waals surface area (Å²) >= 11 is 0. The average molecular weight is 508 g/mol. The lowest BCUT2D eigenvalue weighted by molar-refractivity contribution is 0.0940. The van der Waals surface area contributed by atoms with Gasteiger partial charge in [0, 0.05) is 31.9 Å². The highest BCUT2D eigenvalue weighted by atomic mass is 16.5. The molecular weight excluding hydrogens is 478 g/mol. The summed E-state index contributed by atoms with van der Waals surface area (Å²) in [5, 5.41) is 8.08. The van der Waals surface area contributed by atoms with Gasteiger partial charge in [0.1, 0.15) is 29.7 Å². The molecule has 0 saturated carbocycles. The molecule has 0 radical (unpaired) electrons. The summed E-state index contributed by atoms with van der Waals surface area (Å²) in [5.74, 6) is 3.08. The first-order valence-electron chi connectivity index (χ1n) is 12.9. The van der Waals surface area contributed by atoms with Crippen molar-refractivity contribution < 1.29 is 9.47 Å². The minimum atomic E-state index is 0.126. The SMILES string of the molecule is Cc1cc(Nc2ncnc3ccc4c(c23)O[C@H]2CCN(C)C[C@H]2N4)ccc1Oc1ccc2c(c1)ncn2C. The predicted molar refractivity (Wildman–Crippen MR) is 149 cm³/mol. The van der Waals surface area contributed by atoms with Gasteiger partial charge in [-0.15, -0.1) is 0 Å². The van der Waals surface area contributed by atoms with Crippen molar-refractivity contribution in [2.75, 3.05) is 30.8 Å². The zero-order chi connectivity index (χ0) is 25.8. The van der Waals surface area contributed by atoms with E-state index in [2.05, 4.69) is 49.7 Å². The zero-order valence-electron chi connectivity index (χ0n) is 21.6. The van der Waals surface area contributed by atoms with E-state index >= 15 is 0 Å². The third kappa shape index (κ3) is 3.95. The van der Waals surface area contributed by atoms with E-state index in [4.69, 9.17) is 9.47 Å². The normalized spacial score (nSPS) is 18.9. The fourth-order valence-electron chi connectivity index (χ4n) is 5.46. The van der Waals surface area contributed by atoms with Crippen molar-refractivity contribution in [2.24, 2.45) is 7.05 Å². The Morgan fingerprint density at radius 2 is 1.95 bits per heavy atom. The maximum absolute atomic E-state index is 6.58. The number of imidazole rings is 1. The number of anilines is 3. The van der Waals surface area contributed by atoms with Crippen LogP contribution < -0.4 is 20.1 Å². The van der Waals surface area contributed by atoms with Gasteiger partial charge in [-0.1, -0.05) is 0 Å². The summed E-state index contributed by atoms with van der Waals surface area (Å²) < 4.78 is 14.8. The molecule has 9 nitrogen and oxygen atoms in total. The van der Waals surface area contributed by atoms with Crippen molar-refractivity contribution in [3.63, 3.8) is 0 Å². The fourth-order valence-corrected chi connectivity index (χ4v) is 5.46. The molecule has 2 N–H and O–H groups in total. The Hall–Kier alpha value is -4.37. The molecule has 3 aromatic carbocycles. The highest BCUT2D eigenvalue weighted by Crippen LogP contribution is 2.42. The number of aromatic nitrogens is 4. The maximum atomic E-state index is 6.58. The molecule has 1 fully saturated rings. The van der Waals surface area contributed by atoms with E-state index in [0.29, 0.717) is 5.82 Å². The minimum Gasteiger partial charge on any atom is -0.485 e. The molecular formula is C29H29N7O2. The van der Waals surface area contributed by atoms with E-state index in [-0.39, 0.29) is 12.1 Å². The van der Waals surface area contributed by atoms with Gasteiger partial charge in [0.15, 0.2) is 5.75 Å². The number of hydrogen-bond acceptors (Lipinski definition) is 8. The third-order valence-electron chi connectivity index (χ3n) is 7.48. The summed E-state index contributed by atoms with van der Waals surface area (Å²) in [6, 6.07) is 16.3. The van der Waals surface area contributed by atoms with E-state index in [1.807, 2.05) is 54.9 Å². The van der Waals surface area contributed by atoms with Gasteiger partial charge >= 0.3 is 0 Å². The number of nitrogens with zero attached hydrogens (tertiary/aromatic N) is 5. The van der Waals surface area contributed by atoms with Gasteiger partial charge in [0.05, 0.1) is 40.0 Å². The molecule has 192 valence electrons. The molecule has 0 aliphatic carbocycles. The van der Waals surface area contributed by atoms with Gasteiger partial charge in [0.25, 0.3) is 0 Å². The zero-order valence-corrected chi connectivity index (χ0v) is 21.6. The lowest BCUT2D eigenvalue weighted by Gasteiger charge is -2.41. The smallest absolute Gasteiger partial charge is 0.156 e. The topological polar surface area (TPSA) is 89.4 Å². The van der Waals surface area contributed by atoms with Gasteiger partial charge in [-0.25, -0.2) is 15.0 Å². The summed E-state index contributed by atoms with van der Waals surface area (Å²) in [6.07, 6.45) is 4.50. The maximum Gasteiger partial charge on any atom is 0.156 e. The molecule has 2 atom stereocenters. The third-order valence-corrected chi connectivity index (χ3v) is 7.48. The van der Waals surface area contributed by atoms with Crippen molar-refractivity contribution in [3.8, 4) is 17.2 Å². The van der Waals surface area contributed by atoms with Gasteiger partial charge in [-0.05, 0) is 68.4 Å². The van der Waals surface area contributed by atoms with Crippen molar-refractivity contribution in [2.45, 2.75) is 25.5 Å². The average Bonchev–Trinajstić information content (AvgIpc) is 3.29. The van der Waals surface area contributed by atoms with E-state index in [0.717, 1.165) is 75.6 Å². The Bertz CT molecular complexity index is 1680. The number of piperidine rings is 1. The molecule has 4 heterocycles. The Labute approximate surface area is 220 Å². The van der Waals surface area contributed by atoms with Crippen LogP contribution in [0.5, 0.6) is 17.2 Å². The number of fused-ring (bicyclic) bond motifs is 5. The van der Waals surface area contributed by atoms with Crippen molar-refractivity contribution in [3.05, 3.63) is 66.7 Å². The molecule has 0 bridgehead atoms. The fraction of sp³-hybridized carbons (Fsp3) is 0.276. The number of ether oxygens (including phenoxy) is 2. The molecule has 0 unspecified atom stereocenters. The monoisotopic (exact) mass is 507 g/mol. The Morgan fingerprint density at radius 3 is 2.84 bits per heavy atom. The van der Waals surface area contributed by atoms with Crippen LogP contribution >= 0.6 is 0 Å². The molecule has 2 aliphatic heterocycles. The molecule has 9 heteroatoms. The summed E-state index contributed by atoms with van der Waals surface area (Å²) in [6.45, 7) is 4.02. The predicted octanol–water partition coefficient (Wildman–Crippen LogP) is 5.24. The molecule has 1 saturated heterocycles. The first-order chi connectivity index (χ1) is 18.5. The van der Waals surface area contributed by atoms with Crippen LogP contribution in [0.3, 0.4) is 0 Å². The van der Waals surface area contributed by atoms with E-state index in [1.54, 1.807) is 12.7 Å². The lowest BCUT2D eigenvalue weighted by Crippen LogP contribution is -2.53. The van der Waals surface area contributed by atoms with Crippen LogP contribution in [0, 0.1) is 6.92 Å². The standard InChI is InChI=1S/C29H29N7O2/c1-17-12-18(4-9-25(17)37-19-5-8-24-22(13-19)32-16-36(24)3)33-29-27-20(30-15-31-29)6-7-21-28(27)38-26-10-11-35(2)14-23(26)34-21/h4-9,12-13,15-16,23,26,34H,10-11,14H2,1-3H3,(H,30,31,33)/t23-,26+/m1/s1. The van der Waals surface area contributed by atoms with Crippen molar-refractivity contribution >= 4 is 39.1 Å². The highest BCUT2D eigenvalue weighted by Gasteiger charge is 2.35. The van der Waals surface area contributed by atoms with E-state index in [9.17, 15) is 0 Å². The number of benzene rings is 3. The van der Waals surface area contributed by atoms with Gasteiger partial charge in [-0.3, -0.25) is 0 Å². The van der Waals surface area contributed by atoms with E-state index < -0.39 is 0 Å². The van der Waals surface area contributed by atoms with Crippen LogP contribution in [0.15, 0.2) is 61.2 Å². The van der Waals surface area contributed by atoms with Crippen LogP contribution in [0.2, 0.25) is 0 Å². The first kappa shape index (κ1) is 22.8. The number of rotatable bonds is 4. The molecule has 38 heavy (non-hydrogen) atoms. The first-order valence-corrected chi connectivity index (χ1v) is 12.9. The second-order valence-electron chi connectivity index (χ2n) is 10.2. The van der Waals surface area contributed by atoms with Crippen molar-refractivity contribution in [1.29, 1.82) is 0 Å². The van der Waals surface area contributed by atoms with Crippen LogP contribution in [-0.4, -0.2) is 56.7 Å². The van der Waals surface area contributed by atoms with Gasteiger partial charge in [-0.2, -0.15) is 0 Å². The Balaban J connectivity index is 1.17. The molecule has 5 aromatic rings. The van der Waals surface area contributed by atoms with Gasteiger partial charge < -0.3 is 29.6 Å². The second kappa shape index (κ2) is 8.88. The summed E-state index contributed by atoms with van der Waals surface area (Å²) in [4.78, 5) is 15.9. The molecule has 2 aromatic heterocycles. The second-order valence-corrected chi connectivity index (χ2v) is 10.2. The molecule has 0 amide bonds. The summed E-state index contributed by atoms with van der Waals surface area (Å²) in [7, 11) is 4.14.